The van der Waals surface area contributed by atoms with E-state index in [1.165, 1.54) is 36.0 Å². The van der Waals surface area contributed by atoms with E-state index in [2.05, 4.69) is 37.3 Å². The topological polar surface area (TPSA) is 58.6 Å². The number of ether oxygens (including phenoxy) is 1. The van der Waals surface area contributed by atoms with Crippen molar-refractivity contribution in [2.75, 3.05) is 0 Å². The number of nitrogens with one attached hydrogen (secondary N) is 1. The summed E-state index contributed by atoms with van der Waals surface area (Å²) in [5, 5.41) is 1.91. The summed E-state index contributed by atoms with van der Waals surface area (Å²) in [6.07, 6.45) is 8.35. The molecule has 1 saturated heterocycles. The number of carbonyl (C=O) groups excluding carboxylic acids is 2. The molecule has 7 rings (SSSR count). The molecule has 0 aromatic heterocycles. The van der Waals surface area contributed by atoms with Crippen LogP contribution >= 0.6 is 67.4 Å². The number of thiocarbonyl (C=S) groups is 1. The number of rotatable bonds is 6. The summed E-state index contributed by atoms with van der Waals surface area (Å²) in [5.74, 6) is 2.23. The molecule has 38 heavy (non-hydrogen) atoms. The van der Waals surface area contributed by atoms with Crippen LogP contribution in [0.1, 0.15) is 49.7 Å². The van der Waals surface area contributed by atoms with Gasteiger partial charge in [-0.2, -0.15) is 5.01 Å². The summed E-state index contributed by atoms with van der Waals surface area (Å²) in [6.45, 7) is 0.318. The standard InChI is InChI=1S/C28H25Br2ClN2O3S2/c29-20-8-15(9-21(30)24(20)36-14-19-3-1-2-4-22(19)31)10-23-25(34)33(27(37)38-23)32-26(35)28-11-16-5-17(12-28)7-18(6-16)13-28/h1-4,8-10,16-18H,5-7,11-14H2,(H,32,35)/b23-10+. The van der Waals surface area contributed by atoms with Gasteiger partial charge in [-0.25, -0.2) is 0 Å². The number of benzene rings is 2. The fourth-order valence-corrected chi connectivity index (χ4v) is 9.71. The lowest BCUT2D eigenvalue weighted by atomic mass is 9.49. The number of carbonyl (C=O) groups is 2. The molecule has 2 aromatic rings. The van der Waals surface area contributed by atoms with Gasteiger partial charge in [0.15, 0.2) is 4.32 Å². The van der Waals surface area contributed by atoms with E-state index in [1.807, 2.05) is 36.4 Å². The minimum absolute atomic E-state index is 0.0420. The second kappa shape index (κ2) is 10.5. The number of halogens is 3. The highest BCUT2D eigenvalue weighted by Crippen LogP contribution is 2.60. The van der Waals surface area contributed by atoms with Crippen LogP contribution < -0.4 is 10.2 Å². The van der Waals surface area contributed by atoms with E-state index in [1.54, 1.807) is 6.08 Å². The first-order valence-electron chi connectivity index (χ1n) is 12.6. The van der Waals surface area contributed by atoms with E-state index in [-0.39, 0.29) is 17.2 Å². The number of hydrazine groups is 1. The quantitative estimate of drug-likeness (QED) is 0.246. The third kappa shape index (κ3) is 5.09. The van der Waals surface area contributed by atoms with Gasteiger partial charge in [-0.3, -0.25) is 15.0 Å². The van der Waals surface area contributed by atoms with Crippen molar-refractivity contribution < 1.29 is 14.3 Å². The Hall–Kier alpha value is -1.39. The molecule has 10 heteroatoms. The average molecular weight is 697 g/mol. The van der Waals surface area contributed by atoms with Crippen LogP contribution in [0.5, 0.6) is 5.75 Å². The van der Waals surface area contributed by atoms with Crippen molar-refractivity contribution in [3.63, 3.8) is 0 Å². The molecule has 4 saturated carbocycles. The second-order valence-corrected chi connectivity index (χ2v) is 14.6. The third-order valence-corrected chi connectivity index (χ3v) is 11.0. The Balaban J connectivity index is 1.15. The van der Waals surface area contributed by atoms with Crippen molar-refractivity contribution in [1.29, 1.82) is 0 Å². The number of nitrogens with zero attached hydrogens (tertiary/aromatic N) is 1. The first kappa shape index (κ1) is 26.8. The van der Waals surface area contributed by atoms with E-state index < -0.39 is 0 Å². The SMILES string of the molecule is O=C1/C(=C\c2cc(Br)c(OCc3ccccc3Cl)c(Br)c2)SC(=S)N1NC(=O)C12CC3CC(CC(C3)C1)C2. The highest BCUT2D eigenvalue weighted by atomic mass is 79.9. The number of thioether (sulfide) groups is 1. The molecule has 5 fully saturated rings. The minimum atomic E-state index is -0.350. The van der Waals surface area contributed by atoms with Gasteiger partial charge in [0.05, 0.1) is 19.3 Å². The van der Waals surface area contributed by atoms with Gasteiger partial charge in [0.1, 0.15) is 12.4 Å². The molecule has 4 bridgehead atoms. The minimum Gasteiger partial charge on any atom is -0.486 e. The average Bonchev–Trinajstić information content (AvgIpc) is 3.11. The molecule has 1 N–H and O–H groups in total. The molecular weight excluding hydrogens is 672 g/mol. The van der Waals surface area contributed by atoms with Crippen LogP contribution in [0.3, 0.4) is 0 Å². The van der Waals surface area contributed by atoms with E-state index in [0.29, 0.717) is 44.4 Å². The Morgan fingerprint density at radius 3 is 2.34 bits per heavy atom. The molecule has 0 atom stereocenters. The molecule has 2 amide bonds. The predicted molar refractivity (Wildman–Crippen MR) is 161 cm³/mol. The number of amides is 2. The first-order chi connectivity index (χ1) is 18.2. The maximum Gasteiger partial charge on any atom is 0.285 e. The molecule has 5 nitrogen and oxygen atoms in total. The van der Waals surface area contributed by atoms with Crippen molar-refractivity contribution in [3.05, 3.63) is 66.4 Å². The lowest BCUT2D eigenvalue weighted by Gasteiger charge is -2.55. The Kier molecular flexibility index (Phi) is 7.44. The highest BCUT2D eigenvalue weighted by molar-refractivity contribution is 9.11. The second-order valence-electron chi connectivity index (χ2n) is 10.8. The molecule has 0 spiro atoms. The van der Waals surface area contributed by atoms with Gasteiger partial charge in [-0.05, 0) is 130 Å². The Labute approximate surface area is 253 Å². The van der Waals surface area contributed by atoms with Gasteiger partial charge in [-0.1, -0.05) is 41.6 Å². The van der Waals surface area contributed by atoms with Gasteiger partial charge in [0.25, 0.3) is 5.91 Å². The van der Waals surface area contributed by atoms with Crippen LogP contribution in [0.25, 0.3) is 6.08 Å². The molecule has 0 radical (unpaired) electrons. The largest absolute Gasteiger partial charge is 0.486 e. The fraction of sp³-hybridized carbons (Fsp3) is 0.393. The molecule has 1 aliphatic heterocycles. The van der Waals surface area contributed by atoms with Crippen LogP contribution in [0.15, 0.2) is 50.2 Å². The van der Waals surface area contributed by atoms with Crippen molar-refractivity contribution in [3.8, 4) is 5.75 Å². The van der Waals surface area contributed by atoms with Gasteiger partial charge < -0.3 is 4.74 Å². The van der Waals surface area contributed by atoms with Crippen LogP contribution in [0, 0.1) is 23.2 Å². The monoisotopic (exact) mass is 694 g/mol. The van der Waals surface area contributed by atoms with Crippen molar-refractivity contribution in [1.82, 2.24) is 10.4 Å². The summed E-state index contributed by atoms with van der Waals surface area (Å²) < 4.78 is 7.82. The van der Waals surface area contributed by atoms with Gasteiger partial charge in [0.2, 0.25) is 5.91 Å². The zero-order valence-electron chi connectivity index (χ0n) is 20.3. The molecular formula is C28H25Br2ClN2O3S2. The van der Waals surface area contributed by atoms with Crippen molar-refractivity contribution in [2.24, 2.45) is 23.2 Å². The predicted octanol–water partition coefficient (Wildman–Crippen LogP) is 7.89. The highest BCUT2D eigenvalue weighted by Gasteiger charge is 2.55. The molecule has 1 heterocycles. The maximum absolute atomic E-state index is 13.5. The molecule has 4 aliphatic carbocycles. The van der Waals surface area contributed by atoms with Gasteiger partial charge in [-0.15, -0.1) is 0 Å². The molecule has 5 aliphatic rings. The fourth-order valence-electron chi connectivity index (χ4n) is 6.89. The van der Waals surface area contributed by atoms with E-state index in [9.17, 15) is 9.59 Å². The molecule has 0 unspecified atom stereocenters. The summed E-state index contributed by atoms with van der Waals surface area (Å²) in [6, 6.07) is 11.3. The normalized spacial score (nSPS) is 28.9. The van der Waals surface area contributed by atoms with Crippen LogP contribution in [0.4, 0.5) is 0 Å². The van der Waals surface area contributed by atoms with Crippen LogP contribution in [-0.4, -0.2) is 21.1 Å². The smallest absolute Gasteiger partial charge is 0.285 e. The Morgan fingerprint density at radius 2 is 1.74 bits per heavy atom. The van der Waals surface area contributed by atoms with Crippen molar-refractivity contribution >= 4 is 89.7 Å². The Morgan fingerprint density at radius 1 is 1.13 bits per heavy atom. The maximum atomic E-state index is 13.5. The summed E-state index contributed by atoms with van der Waals surface area (Å²) in [5.41, 5.74) is 4.24. The van der Waals surface area contributed by atoms with Crippen LogP contribution in [-0.2, 0) is 16.2 Å². The summed E-state index contributed by atoms with van der Waals surface area (Å²) in [7, 11) is 0. The van der Waals surface area contributed by atoms with Gasteiger partial charge in [0, 0.05) is 10.6 Å². The van der Waals surface area contributed by atoms with E-state index in [4.69, 9.17) is 28.6 Å². The van der Waals surface area contributed by atoms with Gasteiger partial charge >= 0.3 is 0 Å². The summed E-state index contributed by atoms with van der Waals surface area (Å²) >= 11 is 20.1. The number of hydrogen-bond acceptors (Lipinski definition) is 5. The summed E-state index contributed by atoms with van der Waals surface area (Å²) in [4.78, 5) is 27.2. The Bertz CT molecular complexity index is 1320. The zero-order chi connectivity index (χ0) is 26.6. The lowest BCUT2D eigenvalue weighted by molar-refractivity contribution is -0.152. The van der Waals surface area contributed by atoms with E-state index >= 15 is 0 Å². The van der Waals surface area contributed by atoms with Crippen molar-refractivity contribution in [2.45, 2.75) is 45.1 Å². The lowest BCUT2D eigenvalue weighted by Crippen LogP contribution is -2.57. The first-order valence-corrected chi connectivity index (χ1v) is 15.8. The number of hydrogen-bond donors (Lipinski definition) is 1. The molecule has 2 aromatic carbocycles. The molecule has 198 valence electrons. The zero-order valence-corrected chi connectivity index (χ0v) is 25.9. The third-order valence-electron chi connectivity index (χ3n) is 8.18. The van der Waals surface area contributed by atoms with E-state index in [0.717, 1.165) is 39.3 Å². The van der Waals surface area contributed by atoms with Crippen LogP contribution in [0.2, 0.25) is 5.02 Å².